The molecule has 0 amide bonds. The molecule has 7 nitrogen and oxygen atoms in total. The Morgan fingerprint density at radius 2 is 1.93 bits per heavy atom. The fourth-order valence-electron chi connectivity index (χ4n) is 2.63. The zero-order chi connectivity index (χ0) is 19.8. The van der Waals surface area contributed by atoms with Crippen LogP contribution in [0.5, 0.6) is 0 Å². The highest BCUT2D eigenvalue weighted by Gasteiger charge is 2.22. The number of hydrogen-bond donors (Lipinski definition) is 2. The fraction of sp³-hybridized carbons (Fsp3) is 0.250. The zero-order valence-corrected chi connectivity index (χ0v) is 15.5. The summed E-state index contributed by atoms with van der Waals surface area (Å²) in [4.78, 5) is 27.0. The number of aromatic amines is 1. The van der Waals surface area contributed by atoms with Crippen LogP contribution in [-0.2, 0) is 20.9 Å². The lowest BCUT2D eigenvalue weighted by Crippen LogP contribution is -2.07. The molecule has 1 aromatic carbocycles. The van der Waals surface area contributed by atoms with E-state index in [-0.39, 0.29) is 18.9 Å². The van der Waals surface area contributed by atoms with Gasteiger partial charge in [-0.05, 0) is 38.0 Å². The number of nitrogens with one attached hydrogen (secondary N) is 1. The molecule has 0 aliphatic carbocycles. The van der Waals surface area contributed by atoms with Gasteiger partial charge in [-0.1, -0.05) is 35.5 Å². The molecule has 0 fully saturated rings. The summed E-state index contributed by atoms with van der Waals surface area (Å²) in [5.41, 5.74) is 2.94. The molecular weight excluding hydrogens is 348 g/mol. The summed E-state index contributed by atoms with van der Waals surface area (Å²) in [7, 11) is 0. The van der Waals surface area contributed by atoms with Gasteiger partial charge < -0.3 is 19.7 Å². The average Bonchev–Trinajstić information content (AvgIpc) is 3.01. The van der Waals surface area contributed by atoms with Crippen LogP contribution in [0.25, 0.3) is 6.08 Å². The first kappa shape index (κ1) is 20.0. The van der Waals surface area contributed by atoms with E-state index in [0.29, 0.717) is 22.5 Å². The van der Waals surface area contributed by atoms with Gasteiger partial charge in [0.15, 0.2) is 0 Å². The predicted octanol–water partition coefficient (Wildman–Crippen LogP) is 3.45. The Kier molecular flexibility index (Phi) is 6.93. The van der Waals surface area contributed by atoms with E-state index >= 15 is 0 Å². The van der Waals surface area contributed by atoms with Gasteiger partial charge in [0.05, 0.1) is 18.0 Å². The van der Waals surface area contributed by atoms with E-state index in [4.69, 9.17) is 14.7 Å². The summed E-state index contributed by atoms with van der Waals surface area (Å²) in [5.74, 6) is -1.06. The molecule has 27 heavy (non-hydrogen) atoms. The second-order valence-electron chi connectivity index (χ2n) is 5.74. The molecule has 0 bridgehead atoms. The zero-order valence-electron chi connectivity index (χ0n) is 15.5. The lowest BCUT2D eigenvalue weighted by atomic mass is 10.1. The molecule has 0 atom stereocenters. The van der Waals surface area contributed by atoms with Crippen LogP contribution in [0.4, 0.5) is 0 Å². The summed E-state index contributed by atoms with van der Waals surface area (Å²) >= 11 is 0. The van der Waals surface area contributed by atoms with Crippen LogP contribution in [0.15, 0.2) is 41.6 Å². The van der Waals surface area contributed by atoms with Gasteiger partial charge in [-0.3, -0.25) is 0 Å². The minimum Gasteiger partial charge on any atom is -0.461 e. The molecule has 7 heteroatoms. The number of oxime groups is 1. The van der Waals surface area contributed by atoms with Crippen LogP contribution in [0.1, 0.15) is 46.7 Å². The maximum absolute atomic E-state index is 12.1. The van der Waals surface area contributed by atoms with Crippen molar-refractivity contribution >= 4 is 23.7 Å². The van der Waals surface area contributed by atoms with Crippen molar-refractivity contribution in [3.63, 3.8) is 0 Å². The lowest BCUT2D eigenvalue weighted by Gasteiger charge is -2.04. The average molecular weight is 370 g/mol. The first-order valence-electron chi connectivity index (χ1n) is 8.45. The van der Waals surface area contributed by atoms with Gasteiger partial charge in [0.25, 0.3) is 0 Å². The number of rotatable bonds is 7. The monoisotopic (exact) mass is 370 g/mol. The number of benzene rings is 1. The summed E-state index contributed by atoms with van der Waals surface area (Å²) in [5, 5.41) is 12.3. The van der Waals surface area contributed by atoms with Crippen molar-refractivity contribution in [2.24, 2.45) is 5.16 Å². The third-order valence-electron chi connectivity index (χ3n) is 3.89. The minimum absolute atomic E-state index is 0.111. The summed E-state index contributed by atoms with van der Waals surface area (Å²) in [6, 6.07) is 9.35. The van der Waals surface area contributed by atoms with E-state index in [2.05, 4.69) is 10.1 Å². The summed E-state index contributed by atoms with van der Waals surface area (Å²) in [6.07, 6.45) is 2.97. The highest BCUT2D eigenvalue weighted by Crippen LogP contribution is 2.21. The normalized spacial score (nSPS) is 11.6. The first-order chi connectivity index (χ1) is 13.0. The van der Waals surface area contributed by atoms with Gasteiger partial charge in [0, 0.05) is 11.6 Å². The van der Waals surface area contributed by atoms with Crippen molar-refractivity contribution in [3.05, 3.63) is 64.5 Å². The molecule has 2 rings (SSSR count). The predicted molar refractivity (Wildman–Crippen MR) is 101 cm³/mol. The molecule has 0 unspecified atom stereocenters. The van der Waals surface area contributed by atoms with E-state index < -0.39 is 11.9 Å². The molecule has 1 heterocycles. The number of carbonyl (C=O) groups excluding carboxylic acids is 2. The molecule has 0 aliphatic rings. The molecule has 0 spiro atoms. The van der Waals surface area contributed by atoms with Crippen molar-refractivity contribution in [3.8, 4) is 0 Å². The van der Waals surface area contributed by atoms with Gasteiger partial charge >= 0.3 is 11.9 Å². The number of ether oxygens (including phenoxy) is 2. The highest BCUT2D eigenvalue weighted by atomic mass is 16.5. The lowest BCUT2D eigenvalue weighted by molar-refractivity contribution is -0.139. The standard InChI is InChI=1S/C20H22N2O5/c1-4-26-20(24)19-13(2)18(14(3)22-25)16(21-19)12-27-17(23)11-10-15-8-6-5-7-9-15/h5-11,21,25H,4,12H2,1-3H3/b11-10+,22-14+. The van der Waals surface area contributed by atoms with Gasteiger partial charge in [-0.2, -0.15) is 0 Å². The third-order valence-corrected chi connectivity index (χ3v) is 3.89. The van der Waals surface area contributed by atoms with Crippen LogP contribution < -0.4 is 0 Å². The van der Waals surface area contributed by atoms with Crippen LogP contribution in [0.3, 0.4) is 0 Å². The van der Waals surface area contributed by atoms with Crippen LogP contribution >= 0.6 is 0 Å². The fourth-order valence-corrected chi connectivity index (χ4v) is 2.63. The topological polar surface area (TPSA) is 101 Å². The van der Waals surface area contributed by atoms with Crippen molar-refractivity contribution in [2.75, 3.05) is 6.61 Å². The highest BCUT2D eigenvalue weighted by molar-refractivity contribution is 6.04. The van der Waals surface area contributed by atoms with E-state index in [1.54, 1.807) is 26.8 Å². The Bertz CT molecular complexity index is 866. The smallest absolute Gasteiger partial charge is 0.355 e. The van der Waals surface area contributed by atoms with E-state index in [9.17, 15) is 9.59 Å². The van der Waals surface area contributed by atoms with E-state index in [1.807, 2.05) is 30.3 Å². The Morgan fingerprint density at radius 3 is 2.56 bits per heavy atom. The quantitative estimate of drug-likeness (QED) is 0.256. The molecule has 0 saturated heterocycles. The molecule has 1 aromatic heterocycles. The maximum Gasteiger partial charge on any atom is 0.355 e. The number of nitrogens with zero attached hydrogens (tertiary/aromatic N) is 1. The first-order valence-corrected chi connectivity index (χ1v) is 8.45. The van der Waals surface area contributed by atoms with Crippen molar-refractivity contribution < 1.29 is 24.3 Å². The van der Waals surface area contributed by atoms with Crippen LogP contribution in [0, 0.1) is 6.92 Å². The van der Waals surface area contributed by atoms with E-state index in [1.165, 1.54) is 6.08 Å². The van der Waals surface area contributed by atoms with Crippen molar-refractivity contribution in [2.45, 2.75) is 27.4 Å². The molecular formula is C20H22N2O5. The van der Waals surface area contributed by atoms with Gasteiger partial charge in [0.1, 0.15) is 12.3 Å². The molecule has 0 saturated carbocycles. The second kappa shape index (κ2) is 9.38. The van der Waals surface area contributed by atoms with Gasteiger partial charge in [-0.15, -0.1) is 0 Å². The van der Waals surface area contributed by atoms with Gasteiger partial charge in [-0.25, -0.2) is 9.59 Å². The Balaban J connectivity index is 2.17. The molecule has 0 radical (unpaired) electrons. The van der Waals surface area contributed by atoms with Crippen molar-refractivity contribution in [1.29, 1.82) is 0 Å². The Morgan fingerprint density at radius 1 is 1.22 bits per heavy atom. The summed E-state index contributed by atoms with van der Waals surface area (Å²) in [6.45, 7) is 5.12. The molecule has 142 valence electrons. The Hall–Kier alpha value is -3.35. The number of H-pyrrole nitrogens is 1. The molecule has 2 aromatic rings. The molecule has 2 N–H and O–H groups in total. The molecule has 0 aliphatic heterocycles. The number of aromatic nitrogens is 1. The largest absolute Gasteiger partial charge is 0.461 e. The third kappa shape index (κ3) is 5.07. The van der Waals surface area contributed by atoms with Crippen LogP contribution in [-0.4, -0.2) is 34.4 Å². The minimum atomic E-state index is -0.534. The number of esters is 2. The van der Waals surface area contributed by atoms with Gasteiger partial charge in [0.2, 0.25) is 0 Å². The SMILES string of the molecule is CCOC(=O)c1[nH]c(COC(=O)/C=C/c2ccccc2)c(/C(C)=N/O)c1C. The van der Waals surface area contributed by atoms with Crippen molar-refractivity contribution in [1.82, 2.24) is 4.98 Å². The maximum atomic E-state index is 12.1. The Labute approximate surface area is 157 Å². The number of carbonyl (C=O) groups is 2. The summed E-state index contributed by atoms with van der Waals surface area (Å²) < 4.78 is 10.3. The second-order valence-corrected chi connectivity index (χ2v) is 5.74. The van der Waals surface area contributed by atoms with Crippen LogP contribution in [0.2, 0.25) is 0 Å². The number of hydrogen-bond acceptors (Lipinski definition) is 6. The van der Waals surface area contributed by atoms with E-state index in [0.717, 1.165) is 5.56 Å².